The van der Waals surface area contributed by atoms with Gasteiger partial charge in [0.05, 0.1) is 5.92 Å². The smallest absolute Gasteiger partial charge is 0.311 e. The fourth-order valence-corrected chi connectivity index (χ4v) is 2.87. The van der Waals surface area contributed by atoms with E-state index in [0.29, 0.717) is 6.54 Å². The molecule has 1 aromatic carbocycles. The van der Waals surface area contributed by atoms with E-state index in [2.05, 4.69) is 17.4 Å². The third kappa shape index (κ3) is 2.35. The summed E-state index contributed by atoms with van der Waals surface area (Å²) in [5, 5.41) is 3.32. The van der Waals surface area contributed by atoms with Crippen LogP contribution in [0.25, 0.3) is 0 Å². The van der Waals surface area contributed by atoms with Gasteiger partial charge in [-0.05, 0) is 43.7 Å². The van der Waals surface area contributed by atoms with Crippen LogP contribution in [0.2, 0.25) is 0 Å². The molecule has 0 spiro atoms. The summed E-state index contributed by atoms with van der Waals surface area (Å²) >= 11 is 0. The number of carbonyl (C=O) groups is 1. The highest BCUT2D eigenvalue weighted by Gasteiger charge is 2.28. The van der Waals surface area contributed by atoms with Crippen LogP contribution in [0.15, 0.2) is 24.3 Å². The van der Waals surface area contributed by atoms with Gasteiger partial charge in [0.1, 0.15) is 6.10 Å². The van der Waals surface area contributed by atoms with Gasteiger partial charge >= 0.3 is 5.97 Å². The Morgan fingerprint density at radius 3 is 2.83 bits per heavy atom. The maximum absolute atomic E-state index is 12.1. The zero-order chi connectivity index (χ0) is 12.4. The van der Waals surface area contributed by atoms with E-state index >= 15 is 0 Å². The number of hydrogen-bond acceptors (Lipinski definition) is 3. The van der Waals surface area contributed by atoms with Crippen molar-refractivity contribution in [1.29, 1.82) is 0 Å². The molecule has 0 bridgehead atoms. The van der Waals surface area contributed by atoms with Crippen LogP contribution in [0, 0.1) is 5.92 Å². The topological polar surface area (TPSA) is 38.3 Å². The maximum Gasteiger partial charge on any atom is 0.311 e. The monoisotopic (exact) mass is 245 g/mol. The normalized spacial score (nSPS) is 23.2. The van der Waals surface area contributed by atoms with E-state index in [1.54, 1.807) is 0 Å². The lowest BCUT2D eigenvalue weighted by atomic mass is 9.94. The van der Waals surface area contributed by atoms with E-state index in [1.807, 2.05) is 12.1 Å². The minimum Gasteiger partial charge on any atom is -0.462 e. The lowest BCUT2D eigenvalue weighted by Gasteiger charge is -2.25. The average Bonchev–Trinajstić information content (AvgIpc) is 2.91. The molecule has 3 rings (SSSR count). The van der Waals surface area contributed by atoms with E-state index in [0.717, 1.165) is 24.9 Å². The number of nitrogens with one attached hydrogen (secondary N) is 1. The molecule has 18 heavy (non-hydrogen) atoms. The second-order valence-corrected chi connectivity index (χ2v) is 5.28. The SMILES string of the molecule is O=C(OC1CCCC1)C1CNc2ccccc2C1. The van der Waals surface area contributed by atoms with Crippen molar-refractivity contribution in [2.75, 3.05) is 11.9 Å². The Bertz CT molecular complexity index is 438. The molecule has 0 amide bonds. The minimum absolute atomic E-state index is 0.0242. The molecule has 1 unspecified atom stereocenters. The number of rotatable bonds is 2. The van der Waals surface area contributed by atoms with Crippen LogP contribution >= 0.6 is 0 Å². The van der Waals surface area contributed by atoms with Crippen LogP contribution in [0.3, 0.4) is 0 Å². The fraction of sp³-hybridized carbons (Fsp3) is 0.533. The van der Waals surface area contributed by atoms with E-state index in [1.165, 1.54) is 18.4 Å². The lowest BCUT2D eigenvalue weighted by molar-refractivity contribution is -0.153. The summed E-state index contributed by atoms with van der Waals surface area (Å²) in [6.45, 7) is 0.697. The summed E-state index contributed by atoms with van der Waals surface area (Å²) in [6, 6.07) is 8.18. The van der Waals surface area contributed by atoms with Gasteiger partial charge in [0.25, 0.3) is 0 Å². The number of ether oxygens (including phenoxy) is 1. The molecular formula is C15H19NO2. The maximum atomic E-state index is 12.1. The minimum atomic E-state index is -0.0273. The van der Waals surface area contributed by atoms with Crippen LogP contribution in [-0.4, -0.2) is 18.6 Å². The number of anilines is 1. The Kier molecular flexibility index (Phi) is 3.22. The Balaban J connectivity index is 1.62. The van der Waals surface area contributed by atoms with Crippen LogP contribution in [0.1, 0.15) is 31.2 Å². The number of esters is 1. The third-order valence-electron chi connectivity index (χ3n) is 3.94. The summed E-state index contributed by atoms with van der Waals surface area (Å²) < 4.78 is 5.59. The van der Waals surface area contributed by atoms with Gasteiger partial charge in [0.15, 0.2) is 0 Å². The van der Waals surface area contributed by atoms with E-state index in [-0.39, 0.29) is 18.0 Å². The first-order valence-corrected chi connectivity index (χ1v) is 6.85. The zero-order valence-electron chi connectivity index (χ0n) is 10.5. The summed E-state index contributed by atoms with van der Waals surface area (Å²) in [4.78, 5) is 12.1. The highest BCUT2D eigenvalue weighted by atomic mass is 16.5. The Morgan fingerprint density at radius 1 is 1.22 bits per heavy atom. The van der Waals surface area contributed by atoms with Gasteiger partial charge in [0.2, 0.25) is 0 Å². The second kappa shape index (κ2) is 5.01. The van der Waals surface area contributed by atoms with Crippen molar-refractivity contribution in [3.05, 3.63) is 29.8 Å². The lowest BCUT2D eigenvalue weighted by Crippen LogP contribution is -2.32. The van der Waals surface area contributed by atoms with Crippen LogP contribution < -0.4 is 5.32 Å². The molecule has 1 fully saturated rings. The Labute approximate surface area is 108 Å². The molecule has 0 radical (unpaired) electrons. The average molecular weight is 245 g/mol. The predicted octanol–water partition coefficient (Wildman–Crippen LogP) is 2.76. The van der Waals surface area contributed by atoms with Gasteiger partial charge in [0, 0.05) is 12.2 Å². The van der Waals surface area contributed by atoms with Crippen LogP contribution in [0.5, 0.6) is 0 Å². The first-order valence-electron chi connectivity index (χ1n) is 6.85. The van der Waals surface area contributed by atoms with Gasteiger partial charge in [-0.25, -0.2) is 0 Å². The Morgan fingerprint density at radius 2 is 2.00 bits per heavy atom. The molecule has 1 aromatic rings. The van der Waals surface area contributed by atoms with Gasteiger partial charge in [-0.1, -0.05) is 18.2 Å². The zero-order valence-corrected chi connectivity index (χ0v) is 10.5. The molecule has 0 aromatic heterocycles. The summed E-state index contributed by atoms with van der Waals surface area (Å²) in [5.74, 6) is -0.0515. The molecular weight excluding hydrogens is 226 g/mol. The number of para-hydroxylation sites is 1. The molecule has 1 heterocycles. The fourth-order valence-electron chi connectivity index (χ4n) is 2.87. The summed E-state index contributed by atoms with van der Waals surface area (Å²) in [5.41, 5.74) is 2.37. The second-order valence-electron chi connectivity index (χ2n) is 5.28. The highest BCUT2D eigenvalue weighted by Crippen LogP contribution is 2.27. The van der Waals surface area contributed by atoms with Gasteiger partial charge in [-0.15, -0.1) is 0 Å². The molecule has 0 saturated heterocycles. The number of carbonyl (C=O) groups excluding carboxylic acids is 1. The molecule has 1 aliphatic carbocycles. The highest BCUT2D eigenvalue weighted by molar-refractivity contribution is 5.75. The van der Waals surface area contributed by atoms with Crippen LogP contribution in [0.4, 0.5) is 5.69 Å². The first-order chi connectivity index (χ1) is 8.83. The summed E-state index contributed by atoms with van der Waals surface area (Å²) in [6.07, 6.45) is 5.46. The van der Waals surface area contributed by atoms with E-state index < -0.39 is 0 Å². The molecule has 1 atom stereocenters. The third-order valence-corrected chi connectivity index (χ3v) is 3.94. The van der Waals surface area contributed by atoms with Crippen molar-refractivity contribution in [3.63, 3.8) is 0 Å². The van der Waals surface area contributed by atoms with Crippen molar-refractivity contribution in [3.8, 4) is 0 Å². The summed E-state index contributed by atoms with van der Waals surface area (Å²) in [7, 11) is 0. The predicted molar refractivity (Wildman–Crippen MR) is 70.5 cm³/mol. The quantitative estimate of drug-likeness (QED) is 0.814. The van der Waals surface area contributed by atoms with Crippen molar-refractivity contribution in [1.82, 2.24) is 0 Å². The number of benzene rings is 1. The first kappa shape index (κ1) is 11.6. The van der Waals surface area contributed by atoms with Crippen LogP contribution in [-0.2, 0) is 16.0 Å². The van der Waals surface area contributed by atoms with Crippen molar-refractivity contribution >= 4 is 11.7 Å². The molecule has 3 heteroatoms. The van der Waals surface area contributed by atoms with Gasteiger partial charge in [-0.3, -0.25) is 4.79 Å². The molecule has 3 nitrogen and oxygen atoms in total. The largest absolute Gasteiger partial charge is 0.462 e. The van der Waals surface area contributed by atoms with E-state index in [9.17, 15) is 4.79 Å². The van der Waals surface area contributed by atoms with Crippen molar-refractivity contribution in [2.45, 2.75) is 38.2 Å². The standard InChI is InChI=1S/C15H19NO2/c17-15(18-13-6-2-3-7-13)12-9-11-5-1-4-8-14(11)16-10-12/h1,4-5,8,12-13,16H,2-3,6-7,9-10H2. The van der Waals surface area contributed by atoms with Gasteiger partial charge in [-0.2, -0.15) is 0 Å². The molecule has 1 aliphatic heterocycles. The molecule has 96 valence electrons. The molecule has 1 N–H and O–H groups in total. The van der Waals surface area contributed by atoms with Crippen molar-refractivity contribution in [2.24, 2.45) is 5.92 Å². The van der Waals surface area contributed by atoms with E-state index in [4.69, 9.17) is 4.74 Å². The Hall–Kier alpha value is -1.51. The number of fused-ring (bicyclic) bond motifs is 1. The van der Waals surface area contributed by atoms with Crippen molar-refractivity contribution < 1.29 is 9.53 Å². The molecule has 1 saturated carbocycles. The number of hydrogen-bond donors (Lipinski definition) is 1. The van der Waals surface area contributed by atoms with Gasteiger partial charge < -0.3 is 10.1 Å². The molecule has 2 aliphatic rings.